The molecule has 4 N–H and O–H groups in total. The molecule has 2 amide bonds. The number of benzene rings is 1. The first-order chi connectivity index (χ1) is 10.5. The standard InChI is InChI=1S/C15H22N4O2S/c1-4-16-15(22)19-18-14(21)12(10(2)3)17-13(20)11-8-6-5-7-9-11/h5-10,12H,4H2,1-3H3,(H,17,20)(H,18,21)(H2,16,19,22). The third-order valence-electron chi connectivity index (χ3n) is 2.91. The van der Waals surface area contributed by atoms with Crippen LogP contribution in [-0.2, 0) is 4.79 Å². The highest BCUT2D eigenvalue weighted by molar-refractivity contribution is 7.80. The van der Waals surface area contributed by atoms with E-state index in [1.807, 2.05) is 26.8 Å². The molecule has 0 saturated heterocycles. The number of hydrogen-bond acceptors (Lipinski definition) is 3. The van der Waals surface area contributed by atoms with Crippen LogP contribution in [0.25, 0.3) is 0 Å². The Morgan fingerprint density at radius 2 is 1.77 bits per heavy atom. The summed E-state index contributed by atoms with van der Waals surface area (Å²) in [5, 5.41) is 5.91. The lowest BCUT2D eigenvalue weighted by Crippen LogP contribution is -2.55. The molecule has 0 heterocycles. The number of rotatable bonds is 5. The molecule has 0 saturated carbocycles. The van der Waals surface area contributed by atoms with Crippen LogP contribution in [0.5, 0.6) is 0 Å². The molecule has 7 heteroatoms. The molecular formula is C15H22N4O2S. The van der Waals surface area contributed by atoms with Gasteiger partial charge in [-0.15, -0.1) is 0 Å². The van der Waals surface area contributed by atoms with Crippen molar-refractivity contribution in [2.45, 2.75) is 26.8 Å². The van der Waals surface area contributed by atoms with Crippen LogP contribution < -0.4 is 21.5 Å². The van der Waals surface area contributed by atoms with Gasteiger partial charge in [0.15, 0.2) is 5.11 Å². The highest BCUT2D eigenvalue weighted by atomic mass is 32.1. The minimum atomic E-state index is -0.662. The summed E-state index contributed by atoms with van der Waals surface area (Å²) in [5.74, 6) is -0.703. The number of carbonyl (C=O) groups is 2. The summed E-state index contributed by atoms with van der Waals surface area (Å²) in [6.07, 6.45) is 0. The zero-order chi connectivity index (χ0) is 16.5. The maximum atomic E-state index is 12.2. The summed E-state index contributed by atoms with van der Waals surface area (Å²) < 4.78 is 0. The van der Waals surface area contributed by atoms with E-state index in [9.17, 15) is 9.59 Å². The third-order valence-corrected chi connectivity index (χ3v) is 3.15. The minimum Gasteiger partial charge on any atom is -0.362 e. The van der Waals surface area contributed by atoms with Gasteiger partial charge in [-0.05, 0) is 37.2 Å². The first-order valence-corrected chi connectivity index (χ1v) is 7.56. The van der Waals surface area contributed by atoms with Crippen molar-refractivity contribution in [3.63, 3.8) is 0 Å². The summed E-state index contributed by atoms with van der Waals surface area (Å²) in [7, 11) is 0. The molecule has 1 unspecified atom stereocenters. The lowest BCUT2D eigenvalue weighted by molar-refractivity contribution is -0.124. The van der Waals surface area contributed by atoms with Crippen LogP contribution >= 0.6 is 12.2 Å². The molecule has 1 atom stereocenters. The SMILES string of the molecule is CCNC(=S)NNC(=O)C(NC(=O)c1ccccc1)C(C)C. The molecule has 1 rings (SSSR count). The Bertz CT molecular complexity index is 520. The number of carbonyl (C=O) groups excluding carboxylic acids is 2. The fourth-order valence-electron chi connectivity index (χ4n) is 1.75. The predicted molar refractivity (Wildman–Crippen MR) is 90.1 cm³/mol. The van der Waals surface area contributed by atoms with Crippen molar-refractivity contribution in [3.05, 3.63) is 35.9 Å². The van der Waals surface area contributed by atoms with E-state index < -0.39 is 6.04 Å². The second kappa shape index (κ2) is 8.99. The molecular weight excluding hydrogens is 300 g/mol. The highest BCUT2D eigenvalue weighted by Crippen LogP contribution is 2.05. The molecule has 0 bridgehead atoms. The van der Waals surface area contributed by atoms with Gasteiger partial charge in [0, 0.05) is 12.1 Å². The Morgan fingerprint density at radius 3 is 2.32 bits per heavy atom. The molecule has 0 fully saturated rings. The first-order valence-electron chi connectivity index (χ1n) is 7.15. The van der Waals surface area contributed by atoms with Gasteiger partial charge in [-0.1, -0.05) is 32.0 Å². The number of thiocarbonyl (C=S) groups is 1. The van der Waals surface area contributed by atoms with Crippen molar-refractivity contribution in [2.75, 3.05) is 6.54 Å². The Morgan fingerprint density at radius 1 is 1.14 bits per heavy atom. The first kappa shape index (κ1) is 17.9. The van der Waals surface area contributed by atoms with Crippen LogP contribution in [0.2, 0.25) is 0 Å². The highest BCUT2D eigenvalue weighted by Gasteiger charge is 2.24. The number of nitrogens with one attached hydrogen (secondary N) is 4. The molecule has 0 aromatic heterocycles. The zero-order valence-corrected chi connectivity index (χ0v) is 13.8. The normalized spacial score (nSPS) is 11.5. The molecule has 6 nitrogen and oxygen atoms in total. The fraction of sp³-hybridized carbons (Fsp3) is 0.400. The molecule has 0 aliphatic heterocycles. The third kappa shape index (κ3) is 5.69. The summed E-state index contributed by atoms with van der Waals surface area (Å²) in [4.78, 5) is 24.3. The van der Waals surface area contributed by atoms with Gasteiger partial charge >= 0.3 is 0 Å². The van der Waals surface area contributed by atoms with E-state index in [2.05, 4.69) is 21.5 Å². The maximum Gasteiger partial charge on any atom is 0.261 e. The number of hydrazine groups is 1. The van der Waals surface area contributed by atoms with Crippen molar-refractivity contribution in [1.82, 2.24) is 21.5 Å². The van der Waals surface area contributed by atoms with Crippen LogP contribution in [0, 0.1) is 5.92 Å². The number of hydrogen-bond donors (Lipinski definition) is 4. The number of amides is 2. The monoisotopic (exact) mass is 322 g/mol. The largest absolute Gasteiger partial charge is 0.362 e. The van der Waals surface area contributed by atoms with Crippen molar-refractivity contribution >= 4 is 29.1 Å². The van der Waals surface area contributed by atoms with E-state index >= 15 is 0 Å². The van der Waals surface area contributed by atoms with E-state index in [-0.39, 0.29) is 17.7 Å². The van der Waals surface area contributed by atoms with Crippen LogP contribution in [0.4, 0.5) is 0 Å². The lowest BCUT2D eigenvalue weighted by atomic mass is 10.0. The van der Waals surface area contributed by atoms with Crippen molar-refractivity contribution in [3.8, 4) is 0 Å². The van der Waals surface area contributed by atoms with E-state index in [0.717, 1.165) is 0 Å². The summed E-state index contributed by atoms with van der Waals surface area (Å²) in [5.41, 5.74) is 5.61. The lowest BCUT2D eigenvalue weighted by Gasteiger charge is -2.22. The van der Waals surface area contributed by atoms with Crippen LogP contribution in [0.3, 0.4) is 0 Å². The van der Waals surface area contributed by atoms with Crippen LogP contribution in [0.1, 0.15) is 31.1 Å². The van der Waals surface area contributed by atoms with E-state index in [1.54, 1.807) is 24.3 Å². The van der Waals surface area contributed by atoms with Gasteiger partial charge in [0.25, 0.3) is 11.8 Å². The quantitative estimate of drug-likeness (QED) is 0.479. The molecule has 22 heavy (non-hydrogen) atoms. The molecule has 120 valence electrons. The van der Waals surface area contributed by atoms with Crippen molar-refractivity contribution in [2.24, 2.45) is 5.92 Å². The fourth-order valence-corrected chi connectivity index (χ4v) is 1.95. The van der Waals surface area contributed by atoms with Gasteiger partial charge in [0.05, 0.1) is 0 Å². The molecule has 0 radical (unpaired) electrons. The van der Waals surface area contributed by atoms with Gasteiger partial charge in [-0.25, -0.2) is 0 Å². The van der Waals surface area contributed by atoms with Crippen molar-refractivity contribution in [1.29, 1.82) is 0 Å². The van der Waals surface area contributed by atoms with Gasteiger partial charge < -0.3 is 10.6 Å². The second-order valence-electron chi connectivity index (χ2n) is 5.03. The predicted octanol–water partition coefficient (Wildman–Crippen LogP) is 0.956. The molecule has 0 aliphatic rings. The van der Waals surface area contributed by atoms with Gasteiger partial charge in [0.2, 0.25) is 0 Å². The van der Waals surface area contributed by atoms with Gasteiger partial charge in [-0.2, -0.15) is 0 Å². The van der Waals surface area contributed by atoms with Crippen molar-refractivity contribution < 1.29 is 9.59 Å². The average Bonchev–Trinajstić information content (AvgIpc) is 2.51. The molecule has 0 aliphatic carbocycles. The summed E-state index contributed by atoms with van der Waals surface area (Å²) >= 11 is 4.96. The van der Waals surface area contributed by atoms with E-state index in [0.29, 0.717) is 17.2 Å². The Labute approximate surface area is 136 Å². The Balaban J connectivity index is 2.63. The zero-order valence-electron chi connectivity index (χ0n) is 13.0. The molecule has 1 aromatic rings. The van der Waals surface area contributed by atoms with Gasteiger partial charge in [-0.3, -0.25) is 20.4 Å². The minimum absolute atomic E-state index is 0.0674. The topological polar surface area (TPSA) is 82.3 Å². The Kier molecular flexibility index (Phi) is 7.31. The maximum absolute atomic E-state index is 12.2. The molecule has 0 spiro atoms. The molecule has 1 aromatic carbocycles. The average molecular weight is 322 g/mol. The Hall–Kier alpha value is -2.15. The van der Waals surface area contributed by atoms with E-state index in [4.69, 9.17) is 12.2 Å². The van der Waals surface area contributed by atoms with Crippen LogP contribution in [-0.4, -0.2) is 29.5 Å². The summed E-state index contributed by atoms with van der Waals surface area (Å²) in [6, 6.07) is 8.11. The van der Waals surface area contributed by atoms with Crippen LogP contribution in [0.15, 0.2) is 30.3 Å². The second-order valence-corrected chi connectivity index (χ2v) is 5.44. The van der Waals surface area contributed by atoms with E-state index in [1.165, 1.54) is 0 Å². The van der Waals surface area contributed by atoms with Gasteiger partial charge in [0.1, 0.15) is 6.04 Å². The smallest absolute Gasteiger partial charge is 0.261 e. The summed E-state index contributed by atoms with van der Waals surface area (Å²) in [6.45, 7) is 6.27.